The number of carbonyl (C=O) groups is 1. The van der Waals surface area contributed by atoms with Crippen LogP contribution >= 0.6 is 0 Å². The molecule has 134 valence electrons. The fourth-order valence-electron chi connectivity index (χ4n) is 2.40. The summed E-state index contributed by atoms with van der Waals surface area (Å²) in [5.74, 6) is 0.936. The Labute approximate surface area is 149 Å². The van der Waals surface area contributed by atoms with E-state index in [0.717, 1.165) is 5.75 Å². The molecule has 0 aliphatic carbocycles. The highest BCUT2D eigenvalue weighted by atomic mass is 16.5. The van der Waals surface area contributed by atoms with Gasteiger partial charge in [-0.25, -0.2) is 9.78 Å². The van der Waals surface area contributed by atoms with Gasteiger partial charge in [0, 0.05) is 6.07 Å². The van der Waals surface area contributed by atoms with E-state index in [0.29, 0.717) is 23.7 Å². The van der Waals surface area contributed by atoms with Gasteiger partial charge < -0.3 is 10.1 Å². The van der Waals surface area contributed by atoms with Crippen LogP contribution < -0.4 is 15.6 Å². The Morgan fingerprint density at radius 3 is 2.73 bits per heavy atom. The lowest BCUT2D eigenvalue weighted by atomic mass is 10.2. The van der Waals surface area contributed by atoms with Crippen molar-refractivity contribution in [3.63, 3.8) is 0 Å². The van der Waals surface area contributed by atoms with Crippen LogP contribution in [0.25, 0.3) is 5.82 Å². The third kappa shape index (κ3) is 3.97. The van der Waals surface area contributed by atoms with E-state index >= 15 is 0 Å². The van der Waals surface area contributed by atoms with Gasteiger partial charge in [-0.15, -0.1) is 0 Å². The first-order chi connectivity index (χ1) is 12.5. The van der Waals surface area contributed by atoms with Gasteiger partial charge in [0.05, 0.1) is 23.5 Å². The summed E-state index contributed by atoms with van der Waals surface area (Å²) in [5, 5.41) is 13.3. The molecule has 0 radical (unpaired) electrons. The number of ether oxygens (including phenoxy) is 1. The van der Waals surface area contributed by atoms with E-state index in [1.54, 1.807) is 6.92 Å². The Morgan fingerprint density at radius 1 is 1.27 bits per heavy atom. The first kappa shape index (κ1) is 17.4. The highest BCUT2D eigenvalue weighted by molar-refractivity contribution is 5.95. The van der Waals surface area contributed by atoms with Gasteiger partial charge in [0.25, 0.3) is 11.5 Å². The maximum absolute atomic E-state index is 12.5. The number of aromatic nitrogens is 4. The van der Waals surface area contributed by atoms with E-state index in [9.17, 15) is 9.59 Å². The van der Waals surface area contributed by atoms with Gasteiger partial charge in [0.2, 0.25) is 0 Å². The standard InChI is InChI=1S/C18H19N5O3/c1-12(11-26-14-6-4-3-5-7-14)20-18(25)15-10-19-23(13(15)2)16-8-9-17(24)22-21-16/h3-10,12H,11H2,1-2H3,(H,20,25)(H,22,24). The van der Waals surface area contributed by atoms with Crippen molar-refractivity contribution in [2.24, 2.45) is 0 Å². The summed E-state index contributed by atoms with van der Waals surface area (Å²) >= 11 is 0. The molecule has 2 heterocycles. The fraction of sp³-hybridized carbons (Fsp3) is 0.222. The number of carbonyl (C=O) groups excluding carboxylic acids is 1. The number of hydrogen-bond donors (Lipinski definition) is 2. The van der Waals surface area contributed by atoms with Crippen LogP contribution in [0.1, 0.15) is 23.0 Å². The van der Waals surface area contributed by atoms with Crippen LogP contribution in [0.2, 0.25) is 0 Å². The van der Waals surface area contributed by atoms with E-state index in [-0.39, 0.29) is 17.5 Å². The summed E-state index contributed by atoms with van der Waals surface area (Å²) in [4.78, 5) is 23.6. The summed E-state index contributed by atoms with van der Waals surface area (Å²) in [6.45, 7) is 3.98. The molecule has 26 heavy (non-hydrogen) atoms. The molecule has 8 nitrogen and oxygen atoms in total. The molecule has 3 aromatic rings. The Hall–Kier alpha value is -3.42. The fourth-order valence-corrected chi connectivity index (χ4v) is 2.40. The van der Waals surface area contributed by atoms with E-state index < -0.39 is 0 Å². The van der Waals surface area contributed by atoms with Crippen LogP contribution in [0.4, 0.5) is 0 Å². The van der Waals surface area contributed by atoms with Crippen molar-refractivity contribution in [2.75, 3.05) is 6.61 Å². The molecule has 0 fully saturated rings. The number of para-hydroxylation sites is 1. The van der Waals surface area contributed by atoms with Gasteiger partial charge in [0.1, 0.15) is 12.4 Å². The average molecular weight is 353 g/mol. The van der Waals surface area contributed by atoms with E-state index in [1.807, 2.05) is 37.3 Å². The number of rotatable bonds is 6. The van der Waals surface area contributed by atoms with Crippen molar-refractivity contribution >= 4 is 5.91 Å². The van der Waals surface area contributed by atoms with Crippen LogP contribution in [0.5, 0.6) is 5.75 Å². The number of hydrogen-bond acceptors (Lipinski definition) is 5. The lowest BCUT2D eigenvalue weighted by Gasteiger charge is -2.15. The molecule has 2 aromatic heterocycles. The van der Waals surface area contributed by atoms with Gasteiger partial charge in [-0.1, -0.05) is 18.2 Å². The number of H-pyrrole nitrogens is 1. The molecule has 0 saturated heterocycles. The summed E-state index contributed by atoms with van der Waals surface area (Å²) in [6, 6.07) is 12.1. The summed E-state index contributed by atoms with van der Waals surface area (Å²) < 4.78 is 7.14. The number of benzene rings is 1. The molecule has 1 atom stereocenters. The quantitative estimate of drug-likeness (QED) is 0.698. The monoisotopic (exact) mass is 353 g/mol. The molecule has 1 unspecified atom stereocenters. The van der Waals surface area contributed by atoms with Crippen LogP contribution in [0.15, 0.2) is 53.5 Å². The molecule has 0 aliphatic rings. The SMILES string of the molecule is Cc1c(C(=O)NC(C)COc2ccccc2)cnn1-c1ccc(=O)[nH]n1. The Kier molecular flexibility index (Phi) is 5.12. The molecule has 2 N–H and O–H groups in total. The first-order valence-electron chi connectivity index (χ1n) is 8.14. The largest absolute Gasteiger partial charge is 0.491 e. The molecular formula is C18H19N5O3. The van der Waals surface area contributed by atoms with Crippen LogP contribution in [-0.4, -0.2) is 38.5 Å². The molecule has 0 aliphatic heterocycles. The zero-order valence-electron chi connectivity index (χ0n) is 14.5. The normalized spacial score (nSPS) is 11.8. The molecule has 0 saturated carbocycles. The van der Waals surface area contributed by atoms with Crippen molar-refractivity contribution < 1.29 is 9.53 Å². The Balaban J connectivity index is 1.64. The number of nitrogens with zero attached hydrogens (tertiary/aromatic N) is 3. The Morgan fingerprint density at radius 2 is 2.04 bits per heavy atom. The summed E-state index contributed by atoms with van der Waals surface area (Å²) in [6.07, 6.45) is 1.47. The summed E-state index contributed by atoms with van der Waals surface area (Å²) in [5.41, 5.74) is 0.756. The second kappa shape index (κ2) is 7.64. The molecule has 0 spiro atoms. The van der Waals surface area contributed by atoms with E-state index in [1.165, 1.54) is 23.0 Å². The van der Waals surface area contributed by atoms with Crippen molar-refractivity contribution in [2.45, 2.75) is 19.9 Å². The van der Waals surface area contributed by atoms with Gasteiger partial charge >= 0.3 is 0 Å². The highest BCUT2D eigenvalue weighted by Gasteiger charge is 2.17. The first-order valence-corrected chi connectivity index (χ1v) is 8.14. The highest BCUT2D eigenvalue weighted by Crippen LogP contribution is 2.12. The molecule has 1 aromatic carbocycles. The topological polar surface area (TPSA) is 102 Å². The zero-order valence-corrected chi connectivity index (χ0v) is 14.5. The van der Waals surface area contributed by atoms with Gasteiger partial charge in [-0.05, 0) is 32.0 Å². The Bertz CT molecular complexity index is 928. The van der Waals surface area contributed by atoms with Gasteiger partial charge in [-0.3, -0.25) is 9.59 Å². The van der Waals surface area contributed by atoms with E-state index in [4.69, 9.17) is 4.74 Å². The van der Waals surface area contributed by atoms with Crippen molar-refractivity contribution in [1.82, 2.24) is 25.3 Å². The molecule has 3 rings (SSSR count). The zero-order chi connectivity index (χ0) is 18.5. The minimum absolute atomic E-state index is 0.184. The lowest BCUT2D eigenvalue weighted by Crippen LogP contribution is -2.37. The van der Waals surface area contributed by atoms with Crippen LogP contribution in [0.3, 0.4) is 0 Å². The second-order valence-corrected chi connectivity index (χ2v) is 5.83. The van der Waals surface area contributed by atoms with Gasteiger partial charge in [-0.2, -0.15) is 10.2 Å². The van der Waals surface area contributed by atoms with Crippen molar-refractivity contribution in [3.8, 4) is 11.6 Å². The van der Waals surface area contributed by atoms with E-state index in [2.05, 4.69) is 20.6 Å². The molecular weight excluding hydrogens is 334 g/mol. The molecule has 1 amide bonds. The van der Waals surface area contributed by atoms with Crippen molar-refractivity contribution in [3.05, 3.63) is 70.3 Å². The predicted octanol–water partition coefficient (Wildman–Crippen LogP) is 1.46. The second-order valence-electron chi connectivity index (χ2n) is 5.83. The van der Waals surface area contributed by atoms with Crippen LogP contribution in [0, 0.1) is 6.92 Å². The third-order valence-corrected chi connectivity index (χ3v) is 3.76. The maximum Gasteiger partial charge on any atom is 0.264 e. The van der Waals surface area contributed by atoms with Gasteiger partial charge in [0.15, 0.2) is 5.82 Å². The van der Waals surface area contributed by atoms with Crippen molar-refractivity contribution in [1.29, 1.82) is 0 Å². The minimum atomic E-state index is -0.302. The molecule has 0 bridgehead atoms. The summed E-state index contributed by atoms with van der Waals surface area (Å²) in [7, 11) is 0. The lowest BCUT2D eigenvalue weighted by molar-refractivity contribution is 0.0926. The van der Waals surface area contributed by atoms with Crippen LogP contribution in [-0.2, 0) is 0 Å². The third-order valence-electron chi connectivity index (χ3n) is 3.76. The maximum atomic E-state index is 12.5. The number of amides is 1. The minimum Gasteiger partial charge on any atom is -0.491 e. The average Bonchev–Trinajstić information content (AvgIpc) is 3.03. The smallest absolute Gasteiger partial charge is 0.264 e. The number of nitrogens with one attached hydrogen (secondary N) is 2. The predicted molar refractivity (Wildman–Crippen MR) is 95.6 cm³/mol. The molecule has 8 heteroatoms. The number of aromatic amines is 1.